The van der Waals surface area contributed by atoms with Gasteiger partial charge in [-0.25, -0.2) is 4.79 Å². The summed E-state index contributed by atoms with van der Waals surface area (Å²) in [5.74, 6) is 3.53. The number of carbonyl (C=O) groups excluding carboxylic acids is 2. The van der Waals surface area contributed by atoms with Gasteiger partial charge >= 0.3 is 5.97 Å². The summed E-state index contributed by atoms with van der Waals surface area (Å²) in [6.45, 7) is 0. The number of ether oxygens (including phenoxy) is 1. The van der Waals surface area contributed by atoms with Gasteiger partial charge < -0.3 is 4.74 Å². The first-order valence-corrected chi connectivity index (χ1v) is 7.76. The summed E-state index contributed by atoms with van der Waals surface area (Å²) >= 11 is 0. The van der Waals surface area contributed by atoms with Gasteiger partial charge in [0.25, 0.3) is 0 Å². The van der Waals surface area contributed by atoms with Gasteiger partial charge in [-0.3, -0.25) is 4.79 Å². The van der Waals surface area contributed by atoms with Crippen LogP contribution in [0.25, 0.3) is 0 Å². The number of Topliss-reactive ketones (excluding diaryl/α,β-unsaturated/α-hetero) is 1. The van der Waals surface area contributed by atoms with Crippen molar-refractivity contribution in [2.75, 3.05) is 0 Å². The third kappa shape index (κ3) is 1.44. The zero-order valence-corrected chi connectivity index (χ0v) is 11.6. The van der Waals surface area contributed by atoms with Crippen molar-refractivity contribution in [2.24, 2.45) is 35.5 Å². The monoisotopic (exact) mass is 280 g/mol. The molecule has 1 aromatic rings. The fraction of sp³-hybridized carbons (Fsp3) is 0.444. The van der Waals surface area contributed by atoms with E-state index in [-0.39, 0.29) is 11.9 Å². The van der Waals surface area contributed by atoms with Crippen LogP contribution >= 0.6 is 0 Å². The highest BCUT2D eigenvalue weighted by Gasteiger charge is 2.72. The Morgan fingerprint density at radius 2 is 1.76 bits per heavy atom. The molecule has 0 saturated heterocycles. The van der Waals surface area contributed by atoms with Gasteiger partial charge in [-0.05, 0) is 48.8 Å². The van der Waals surface area contributed by atoms with Gasteiger partial charge in [-0.1, -0.05) is 18.2 Å². The molecular formula is C18H16O3. The van der Waals surface area contributed by atoms with E-state index in [1.54, 1.807) is 12.1 Å². The number of fused-ring (bicyclic) bond motifs is 8. The Labute approximate surface area is 123 Å². The van der Waals surface area contributed by atoms with Crippen molar-refractivity contribution in [3.8, 4) is 0 Å². The number of hydrogen-bond acceptors (Lipinski definition) is 3. The largest absolute Gasteiger partial charge is 0.427 e. The third-order valence-corrected chi connectivity index (χ3v) is 6.01. The molecule has 6 atom stereocenters. The number of allylic oxidation sites excluding steroid dienone is 2. The van der Waals surface area contributed by atoms with Gasteiger partial charge in [0.15, 0.2) is 0 Å². The van der Waals surface area contributed by atoms with Crippen LogP contribution in [0, 0.1) is 35.5 Å². The van der Waals surface area contributed by atoms with Gasteiger partial charge in [0, 0.05) is 17.8 Å². The topological polar surface area (TPSA) is 43.4 Å². The molecule has 0 N–H and O–H groups in total. The van der Waals surface area contributed by atoms with Gasteiger partial charge in [-0.15, -0.1) is 0 Å². The SMILES string of the molecule is O=C(OC1=CC[C@@H]2[C@H]3C[C@@H]([C@H]12)[C@@H]1C(=O)[C@H]31)c1ccccc1. The van der Waals surface area contributed by atoms with Crippen molar-refractivity contribution in [1.29, 1.82) is 0 Å². The molecule has 0 unspecified atom stereocenters. The van der Waals surface area contributed by atoms with Crippen LogP contribution in [0.5, 0.6) is 0 Å². The van der Waals surface area contributed by atoms with Crippen LogP contribution in [0.4, 0.5) is 0 Å². The molecule has 3 saturated carbocycles. The maximum Gasteiger partial charge on any atom is 0.343 e. The number of hydrogen-bond donors (Lipinski definition) is 0. The Hall–Kier alpha value is -1.90. The number of benzene rings is 1. The predicted octanol–water partition coefficient (Wildman–Crippen LogP) is 2.83. The van der Waals surface area contributed by atoms with Gasteiger partial charge in [0.2, 0.25) is 0 Å². The van der Waals surface area contributed by atoms with Crippen molar-refractivity contribution in [3.05, 3.63) is 47.7 Å². The predicted molar refractivity (Wildman–Crippen MR) is 75.1 cm³/mol. The lowest BCUT2D eigenvalue weighted by atomic mass is 9.81. The lowest BCUT2D eigenvalue weighted by Gasteiger charge is -2.25. The summed E-state index contributed by atoms with van der Waals surface area (Å²) in [5.41, 5.74) is 0.588. The minimum Gasteiger partial charge on any atom is -0.427 e. The lowest BCUT2D eigenvalue weighted by molar-refractivity contribution is -0.113. The first kappa shape index (κ1) is 11.7. The first-order valence-electron chi connectivity index (χ1n) is 7.76. The number of ketones is 1. The average molecular weight is 280 g/mol. The number of carbonyl (C=O) groups is 2. The van der Waals surface area contributed by atoms with Crippen LogP contribution < -0.4 is 0 Å². The van der Waals surface area contributed by atoms with E-state index in [2.05, 4.69) is 6.08 Å². The molecular weight excluding hydrogens is 264 g/mol. The van der Waals surface area contributed by atoms with Crippen molar-refractivity contribution in [2.45, 2.75) is 12.8 Å². The summed E-state index contributed by atoms with van der Waals surface area (Å²) in [6, 6.07) is 9.12. The molecule has 3 nitrogen and oxygen atoms in total. The molecule has 21 heavy (non-hydrogen) atoms. The molecule has 0 aliphatic heterocycles. The molecule has 0 amide bonds. The smallest absolute Gasteiger partial charge is 0.343 e. The van der Waals surface area contributed by atoms with Crippen LogP contribution in [-0.2, 0) is 9.53 Å². The van der Waals surface area contributed by atoms with Crippen LogP contribution in [-0.4, -0.2) is 11.8 Å². The minimum absolute atomic E-state index is 0.274. The fourth-order valence-electron chi connectivity index (χ4n) is 5.22. The van der Waals surface area contributed by atoms with Gasteiger partial charge in [0.1, 0.15) is 11.5 Å². The van der Waals surface area contributed by atoms with E-state index in [1.807, 2.05) is 18.2 Å². The standard InChI is InChI=1S/C18H16O3/c19-17-15-11-8-12(16(15)17)14-10(11)6-7-13(14)21-18(20)9-4-2-1-3-5-9/h1-5,7,10-12,14-16H,6,8H2/t10-,11-,12+,14-,15-,16+/m1/s1. The van der Waals surface area contributed by atoms with E-state index < -0.39 is 0 Å². The van der Waals surface area contributed by atoms with E-state index in [0.29, 0.717) is 40.9 Å². The molecule has 0 radical (unpaired) electrons. The molecule has 1 aromatic carbocycles. The van der Waals surface area contributed by atoms with E-state index in [0.717, 1.165) is 18.6 Å². The zero-order valence-electron chi connectivity index (χ0n) is 11.6. The number of esters is 1. The van der Waals surface area contributed by atoms with Gasteiger partial charge in [0.05, 0.1) is 5.56 Å². The second kappa shape index (κ2) is 3.85. The molecule has 4 aliphatic carbocycles. The highest BCUT2D eigenvalue weighted by Crippen LogP contribution is 2.70. The highest BCUT2D eigenvalue weighted by atomic mass is 16.5. The molecule has 2 bridgehead atoms. The summed E-state index contributed by atoms with van der Waals surface area (Å²) in [4.78, 5) is 24.0. The molecule has 4 aliphatic rings. The summed E-state index contributed by atoms with van der Waals surface area (Å²) in [6.07, 6.45) is 4.22. The summed E-state index contributed by atoms with van der Waals surface area (Å²) in [5, 5.41) is 0. The van der Waals surface area contributed by atoms with Gasteiger partial charge in [-0.2, -0.15) is 0 Å². The van der Waals surface area contributed by atoms with E-state index >= 15 is 0 Å². The van der Waals surface area contributed by atoms with Crippen molar-refractivity contribution < 1.29 is 14.3 Å². The van der Waals surface area contributed by atoms with Crippen LogP contribution in [0.2, 0.25) is 0 Å². The number of rotatable bonds is 2. The molecule has 5 rings (SSSR count). The summed E-state index contributed by atoms with van der Waals surface area (Å²) < 4.78 is 5.68. The summed E-state index contributed by atoms with van der Waals surface area (Å²) in [7, 11) is 0. The Morgan fingerprint density at radius 1 is 1.00 bits per heavy atom. The second-order valence-corrected chi connectivity index (χ2v) is 6.80. The van der Waals surface area contributed by atoms with Crippen molar-refractivity contribution in [3.63, 3.8) is 0 Å². The molecule has 0 heterocycles. The Bertz CT molecular complexity index is 675. The normalized spacial score (nSPS) is 41.5. The second-order valence-electron chi connectivity index (χ2n) is 6.80. The molecule has 0 aromatic heterocycles. The molecule has 3 fully saturated rings. The Kier molecular flexibility index (Phi) is 2.15. The highest BCUT2D eigenvalue weighted by molar-refractivity contribution is 6.01. The average Bonchev–Trinajstić information content (AvgIpc) is 2.90. The first-order chi connectivity index (χ1) is 10.3. The lowest BCUT2D eigenvalue weighted by Crippen LogP contribution is -2.23. The van der Waals surface area contributed by atoms with Crippen molar-refractivity contribution in [1.82, 2.24) is 0 Å². The van der Waals surface area contributed by atoms with Crippen molar-refractivity contribution >= 4 is 11.8 Å². The van der Waals surface area contributed by atoms with Crippen LogP contribution in [0.1, 0.15) is 23.2 Å². The molecule has 3 heteroatoms. The third-order valence-electron chi connectivity index (χ3n) is 6.01. The Balaban J connectivity index is 1.38. The van der Waals surface area contributed by atoms with Crippen LogP contribution in [0.15, 0.2) is 42.2 Å². The van der Waals surface area contributed by atoms with Crippen LogP contribution in [0.3, 0.4) is 0 Å². The minimum atomic E-state index is -0.274. The van der Waals surface area contributed by atoms with E-state index in [1.165, 1.54) is 0 Å². The fourth-order valence-corrected chi connectivity index (χ4v) is 5.22. The van der Waals surface area contributed by atoms with E-state index in [4.69, 9.17) is 4.74 Å². The quantitative estimate of drug-likeness (QED) is 0.782. The Morgan fingerprint density at radius 3 is 2.57 bits per heavy atom. The maximum absolute atomic E-state index is 12.2. The molecule has 0 spiro atoms. The van der Waals surface area contributed by atoms with E-state index in [9.17, 15) is 9.59 Å². The zero-order chi connectivity index (χ0) is 14.1. The molecule has 106 valence electrons. The maximum atomic E-state index is 12.2.